The molecule has 1 heterocycles. The van der Waals surface area contributed by atoms with E-state index in [1.54, 1.807) is 7.11 Å². The summed E-state index contributed by atoms with van der Waals surface area (Å²) in [5, 5.41) is 10.3. The molecule has 176 valence electrons. The third-order valence-corrected chi connectivity index (χ3v) is 6.26. The second kappa shape index (κ2) is 13.6. The molecular weight excluding hydrogens is 400 g/mol. The second-order valence-electron chi connectivity index (χ2n) is 9.15. The fourth-order valence-electron chi connectivity index (χ4n) is 4.46. The van der Waals surface area contributed by atoms with Crippen LogP contribution in [0.3, 0.4) is 0 Å². The lowest BCUT2D eigenvalue weighted by Crippen LogP contribution is -2.33. The first kappa shape index (κ1) is 24.7. The highest BCUT2D eigenvalue weighted by molar-refractivity contribution is 5.27. The van der Waals surface area contributed by atoms with Gasteiger partial charge in [0.15, 0.2) is 0 Å². The van der Waals surface area contributed by atoms with Gasteiger partial charge in [0.25, 0.3) is 0 Å². The van der Waals surface area contributed by atoms with Gasteiger partial charge in [0, 0.05) is 33.4 Å². The van der Waals surface area contributed by atoms with Gasteiger partial charge in [-0.3, -0.25) is 9.80 Å². The molecule has 2 aromatic carbocycles. The summed E-state index contributed by atoms with van der Waals surface area (Å²) in [6, 6.07) is 18.6. The van der Waals surface area contributed by atoms with Gasteiger partial charge in [-0.25, -0.2) is 0 Å². The van der Waals surface area contributed by atoms with Gasteiger partial charge in [-0.1, -0.05) is 42.5 Å². The Morgan fingerprint density at radius 1 is 1.03 bits per heavy atom. The minimum Gasteiger partial charge on any atom is -0.491 e. The highest BCUT2D eigenvalue weighted by atomic mass is 16.5. The predicted molar refractivity (Wildman–Crippen MR) is 130 cm³/mol. The van der Waals surface area contributed by atoms with Gasteiger partial charge in [-0.15, -0.1) is 0 Å². The van der Waals surface area contributed by atoms with Crippen LogP contribution >= 0.6 is 0 Å². The summed E-state index contributed by atoms with van der Waals surface area (Å²) in [7, 11) is 3.81. The number of piperidine rings is 1. The second-order valence-corrected chi connectivity index (χ2v) is 9.15. The molecule has 1 atom stereocenters. The van der Waals surface area contributed by atoms with Crippen molar-refractivity contribution in [3.63, 3.8) is 0 Å². The van der Waals surface area contributed by atoms with E-state index < -0.39 is 6.10 Å². The van der Waals surface area contributed by atoms with Crippen LogP contribution in [0.5, 0.6) is 5.75 Å². The Morgan fingerprint density at radius 2 is 1.75 bits per heavy atom. The van der Waals surface area contributed by atoms with E-state index >= 15 is 0 Å². The average Bonchev–Trinajstić information content (AvgIpc) is 2.80. The van der Waals surface area contributed by atoms with Crippen molar-refractivity contribution in [2.24, 2.45) is 5.92 Å². The van der Waals surface area contributed by atoms with Crippen molar-refractivity contribution in [2.45, 2.75) is 44.9 Å². The molecule has 32 heavy (non-hydrogen) atoms. The van der Waals surface area contributed by atoms with E-state index in [4.69, 9.17) is 9.47 Å². The van der Waals surface area contributed by atoms with Crippen molar-refractivity contribution in [2.75, 3.05) is 47.0 Å². The number of aliphatic hydroxyl groups is 1. The van der Waals surface area contributed by atoms with E-state index in [1.807, 2.05) is 37.4 Å². The molecule has 1 fully saturated rings. The molecule has 1 unspecified atom stereocenters. The van der Waals surface area contributed by atoms with E-state index in [9.17, 15) is 5.11 Å². The average molecular weight is 441 g/mol. The molecular formula is C27H40N2O3. The monoisotopic (exact) mass is 440 g/mol. The van der Waals surface area contributed by atoms with E-state index in [0.29, 0.717) is 13.2 Å². The molecule has 0 spiro atoms. The van der Waals surface area contributed by atoms with Crippen LogP contribution in [0.15, 0.2) is 54.6 Å². The maximum Gasteiger partial charge on any atom is 0.119 e. The Hall–Kier alpha value is -1.92. The number of benzene rings is 2. The normalized spacial score (nSPS) is 16.4. The van der Waals surface area contributed by atoms with E-state index in [2.05, 4.69) is 34.1 Å². The Labute approximate surface area is 193 Å². The number of ether oxygens (including phenoxy) is 2. The largest absolute Gasteiger partial charge is 0.491 e. The molecule has 1 saturated heterocycles. The Balaban J connectivity index is 1.33. The number of rotatable bonds is 13. The maximum atomic E-state index is 10.3. The topological polar surface area (TPSA) is 45.2 Å². The van der Waals surface area contributed by atoms with Crippen LogP contribution in [-0.4, -0.2) is 68.0 Å². The molecule has 3 rings (SSSR count). The van der Waals surface area contributed by atoms with Crippen molar-refractivity contribution >= 4 is 0 Å². The number of aliphatic hydroxyl groups excluding tert-OH is 1. The minimum atomic E-state index is -0.520. The predicted octanol–water partition coefficient (Wildman–Crippen LogP) is 4.20. The highest BCUT2D eigenvalue weighted by Crippen LogP contribution is 2.23. The number of hydrogen-bond acceptors (Lipinski definition) is 5. The minimum absolute atomic E-state index is 0.301. The van der Waals surface area contributed by atoms with Gasteiger partial charge >= 0.3 is 0 Å². The SMILES string of the molecule is COCCCC1CCN(Cc2ccc(OCC(O)CN(C)Cc3ccccc3)cc2)CC1. The molecule has 0 aliphatic carbocycles. The van der Waals surface area contributed by atoms with Gasteiger partial charge < -0.3 is 14.6 Å². The molecule has 1 aliphatic rings. The number of nitrogens with zero attached hydrogens (tertiary/aromatic N) is 2. The molecule has 0 saturated carbocycles. The Morgan fingerprint density at radius 3 is 2.44 bits per heavy atom. The number of methoxy groups -OCH3 is 1. The molecule has 0 aromatic heterocycles. The van der Waals surface area contributed by atoms with Crippen LogP contribution in [0.1, 0.15) is 36.8 Å². The number of hydrogen-bond donors (Lipinski definition) is 1. The quantitative estimate of drug-likeness (QED) is 0.473. The Kier molecular flexibility index (Phi) is 10.5. The number of likely N-dealkylation sites (N-methyl/N-ethyl adjacent to an activating group) is 1. The van der Waals surface area contributed by atoms with Gasteiger partial charge in [0.2, 0.25) is 0 Å². The van der Waals surface area contributed by atoms with Gasteiger partial charge in [-0.05, 0) is 75.0 Å². The number of likely N-dealkylation sites (tertiary alicyclic amines) is 1. The zero-order valence-corrected chi connectivity index (χ0v) is 19.8. The smallest absolute Gasteiger partial charge is 0.119 e. The molecule has 0 radical (unpaired) electrons. The fraction of sp³-hybridized carbons (Fsp3) is 0.556. The summed E-state index contributed by atoms with van der Waals surface area (Å²) in [6.07, 6.45) is 4.54. The zero-order valence-electron chi connectivity index (χ0n) is 19.8. The van der Waals surface area contributed by atoms with Crippen molar-refractivity contribution in [3.05, 3.63) is 65.7 Å². The summed E-state index contributed by atoms with van der Waals surface area (Å²) in [5.41, 5.74) is 2.56. The van der Waals surface area contributed by atoms with Crippen LogP contribution in [0, 0.1) is 5.92 Å². The van der Waals surface area contributed by atoms with E-state index in [-0.39, 0.29) is 0 Å². The van der Waals surface area contributed by atoms with Crippen LogP contribution in [0.25, 0.3) is 0 Å². The van der Waals surface area contributed by atoms with Crippen molar-refractivity contribution in [3.8, 4) is 5.75 Å². The first-order valence-corrected chi connectivity index (χ1v) is 12.0. The van der Waals surface area contributed by atoms with Crippen molar-refractivity contribution < 1.29 is 14.6 Å². The standard InChI is InChI=1S/C27H40N2O3/c1-28(19-24-7-4-3-5-8-24)21-26(30)22-32-27-12-10-25(11-13-27)20-29-16-14-23(15-17-29)9-6-18-31-2/h3-5,7-8,10-13,23,26,30H,6,9,14-22H2,1-2H3. The lowest BCUT2D eigenvalue weighted by Gasteiger charge is -2.32. The van der Waals surface area contributed by atoms with Gasteiger partial charge in [0.05, 0.1) is 0 Å². The maximum absolute atomic E-state index is 10.3. The lowest BCUT2D eigenvalue weighted by atomic mass is 9.92. The van der Waals surface area contributed by atoms with Crippen molar-refractivity contribution in [1.29, 1.82) is 0 Å². The highest BCUT2D eigenvalue weighted by Gasteiger charge is 2.19. The zero-order chi connectivity index (χ0) is 22.6. The first-order chi connectivity index (χ1) is 15.6. The first-order valence-electron chi connectivity index (χ1n) is 12.0. The van der Waals surface area contributed by atoms with Gasteiger partial charge in [0.1, 0.15) is 18.5 Å². The summed E-state index contributed by atoms with van der Waals surface area (Å²) in [5.74, 6) is 1.67. The molecule has 1 aliphatic heterocycles. The molecule has 2 aromatic rings. The Bertz CT molecular complexity index is 745. The third kappa shape index (κ3) is 8.91. The third-order valence-electron chi connectivity index (χ3n) is 6.26. The van der Waals surface area contributed by atoms with Crippen LogP contribution in [-0.2, 0) is 17.8 Å². The lowest BCUT2D eigenvalue weighted by molar-refractivity contribution is 0.0744. The van der Waals surface area contributed by atoms with E-state index in [0.717, 1.165) is 31.4 Å². The van der Waals surface area contributed by atoms with E-state index in [1.165, 1.54) is 49.9 Å². The summed E-state index contributed by atoms with van der Waals surface area (Å²) >= 11 is 0. The van der Waals surface area contributed by atoms with Crippen LogP contribution in [0.2, 0.25) is 0 Å². The molecule has 1 N–H and O–H groups in total. The molecule has 0 amide bonds. The van der Waals surface area contributed by atoms with Gasteiger partial charge in [-0.2, -0.15) is 0 Å². The molecule has 5 heteroatoms. The fourth-order valence-corrected chi connectivity index (χ4v) is 4.46. The summed E-state index contributed by atoms with van der Waals surface area (Å²) < 4.78 is 11.0. The molecule has 0 bridgehead atoms. The summed E-state index contributed by atoms with van der Waals surface area (Å²) in [6.45, 7) is 5.94. The van der Waals surface area contributed by atoms with Crippen LogP contribution < -0.4 is 4.74 Å². The summed E-state index contributed by atoms with van der Waals surface area (Å²) in [4.78, 5) is 4.67. The van der Waals surface area contributed by atoms with Crippen molar-refractivity contribution in [1.82, 2.24) is 9.80 Å². The molecule has 5 nitrogen and oxygen atoms in total. The van der Waals surface area contributed by atoms with Crippen LogP contribution in [0.4, 0.5) is 0 Å².